The summed E-state index contributed by atoms with van der Waals surface area (Å²) in [5.74, 6) is 0. The minimum Gasteiger partial charge on any atom is -0.397 e. The number of benzene rings is 1. The van der Waals surface area contributed by atoms with Gasteiger partial charge in [-0.1, -0.05) is 12.8 Å². The molecular weight excluding hydrogens is 214 g/mol. The third-order valence-electron chi connectivity index (χ3n) is 3.49. The Balaban J connectivity index is 2.25. The van der Waals surface area contributed by atoms with Crippen molar-refractivity contribution in [3.05, 3.63) is 18.2 Å². The summed E-state index contributed by atoms with van der Waals surface area (Å²) in [6.45, 7) is 1.18. The molecule has 0 radical (unpaired) electrons. The van der Waals surface area contributed by atoms with Crippen LogP contribution in [0.1, 0.15) is 25.7 Å². The molecule has 1 saturated heterocycles. The average molecular weight is 235 g/mol. The van der Waals surface area contributed by atoms with E-state index in [1.54, 1.807) is 0 Å². The number of nitrogen functional groups attached to an aromatic ring is 2. The molecule has 4 nitrogen and oxygen atoms in total. The van der Waals surface area contributed by atoms with Crippen molar-refractivity contribution in [2.75, 3.05) is 29.5 Å². The molecule has 1 atom stereocenters. The van der Waals surface area contributed by atoms with Crippen LogP contribution >= 0.6 is 0 Å². The third kappa shape index (κ3) is 2.64. The Bertz CT molecular complexity index is 381. The van der Waals surface area contributed by atoms with Crippen LogP contribution in [-0.2, 0) is 0 Å². The van der Waals surface area contributed by atoms with Gasteiger partial charge in [-0.2, -0.15) is 0 Å². The summed E-state index contributed by atoms with van der Waals surface area (Å²) in [4.78, 5) is 2.25. The fourth-order valence-electron chi connectivity index (χ4n) is 2.45. The normalized spacial score (nSPS) is 21.2. The standard InChI is InChI=1S/C13H21N3O/c14-12-6-5-10(8-13(12)15)16-7-3-1-2-4-11(16)9-17/h5-6,8,11,17H,1-4,7,9,14-15H2. The lowest BCUT2D eigenvalue weighted by molar-refractivity contribution is 0.255. The monoisotopic (exact) mass is 235 g/mol. The summed E-state index contributed by atoms with van der Waals surface area (Å²) in [6.07, 6.45) is 4.63. The molecule has 17 heavy (non-hydrogen) atoms. The summed E-state index contributed by atoms with van der Waals surface area (Å²) in [5.41, 5.74) is 13.9. The second-order valence-electron chi connectivity index (χ2n) is 4.69. The van der Waals surface area contributed by atoms with Gasteiger partial charge in [0.05, 0.1) is 24.0 Å². The third-order valence-corrected chi connectivity index (χ3v) is 3.49. The van der Waals surface area contributed by atoms with Crippen LogP contribution in [-0.4, -0.2) is 24.3 Å². The van der Waals surface area contributed by atoms with E-state index in [1.807, 2.05) is 18.2 Å². The van der Waals surface area contributed by atoms with E-state index in [-0.39, 0.29) is 12.6 Å². The van der Waals surface area contributed by atoms with Crippen LogP contribution in [0.2, 0.25) is 0 Å². The van der Waals surface area contributed by atoms with Crippen molar-refractivity contribution in [2.24, 2.45) is 0 Å². The predicted molar refractivity (Wildman–Crippen MR) is 72.0 cm³/mol. The Labute approximate surface area is 102 Å². The summed E-state index contributed by atoms with van der Waals surface area (Å²) in [5, 5.41) is 9.47. The molecular formula is C13H21N3O. The topological polar surface area (TPSA) is 75.5 Å². The molecule has 0 bridgehead atoms. The van der Waals surface area contributed by atoms with E-state index in [4.69, 9.17) is 11.5 Å². The minimum absolute atomic E-state index is 0.199. The number of hydrogen-bond donors (Lipinski definition) is 3. The van der Waals surface area contributed by atoms with Crippen LogP contribution in [0.25, 0.3) is 0 Å². The fourth-order valence-corrected chi connectivity index (χ4v) is 2.45. The highest BCUT2D eigenvalue weighted by Crippen LogP contribution is 2.28. The molecule has 4 heteroatoms. The lowest BCUT2D eigenvalue weighted by Gasteiger charge is -2.31. The Kier molecular flexibility index (Phi) is 3.74. The highest BCUT2D eigenvalue weighted by molar-refractivity contribution is 5.70. The second kappa shape index (κ2) is 5.27. The Morgan fingerprint density at radius 3 is 2.71 bits per heavy atom. The van der Waals surface area contributed by atoms with E-state index in [1.165, 1.54) is 19.3 Å². The molecule has 1 fully saturated rings. The molecule has 0 amide bonds. The van der Waals surface area contributed by atoms with Crippen molar-refractivity contribution in [3.63, 3.8) is 0 Å². The van der Waals surface area contributed by atoms with Crippen LogP contribution in [0.15, 0.2) is 18.2 Å². The largest absolute Gasteiger partial charge is 0.397 e. The van der Waals surface area contributed by atoms with Crippen LogP contribution < -0.4 is 16.4 Å². The van der Waals surface area contributed by atoms with Crippen molar-refractivity contribution < 1.29 is 5.11 Å². The van der Waals surface area contributed by atoms with Crippen molar-refractivity contribution in [1.82, 2.24) is 0 Å². The molecule has 1 heterocycles. The van der Waals surface area contributed by atoms with Crippen molar-refractivity contribution in [1.29, 1.82) is 0 Å². The molecule has 1 unspecified atom stereocenters. The first-order chi connectivity index (χ1) is 8.22. The van der Waals surface area contributed by atoms with Crippen molar-refractivity contribution in [2.45, 2.75) is 31.7 Å². The smallest absolute Gasteiger partial charge is 0.0635 e. The molecule has 0 aromatic heterocycles. The second-order valence-corrected chi connectivity index (χ2v) is 4.69. The summed E-state index contributed by atoms with van der Waals surface area (Å²) in [7, 11) is 0. The first kappa shape index (κ1) is 12.0. The average Bonchev–Trinajstić information content (AvgIpc) is 2.57. The van der Waals surface area contributed by atoms with Gasteiger partial charge in [-0.25, -0.2) is 0 Å². The zero-order valence-corrected chi connectivity index (χ0v) is 10.1. The molecule has 0 spiro atoms. The number of rotatable bonds is 2. The van der Waals surface area contributed by atoms with Gasteiger partial charge in [0.1, 0.15) is 0 Å². The molecule has 0 aliphatic carbocycles. The van der Waals surface area contributed by atoms with Crippen LogP contribution in [0.4, 0.5) is 17.1 Å². The number of hydrogen-bond acceptors (Lipinski definition) is 4. The first-order valence-electron chi connectivity index (χ1n) is 6.25. The van der Waals surface area contributed by atoms with Gasteiger partial charge in [0.15, 0.2) is 0 Å². The van der Waals surface area contributed by atoms with E-state index in [2.05, 4.69) is 4.90 Å². The zero-order valence-electron chi connectivity index (χ0n) is 10.1. The zero-order chi connectivity index (χ0) is 12.3. The minimum atomic E-state index is 0.199. The van der Waals surface area contributed by atoms with Gasteiger partial charge in [0.25, 0.3) is 0 Å². The maximum absolute atomic E-state index is 9.47. The van der Waals surface area contributed by atoms with Gasteiger partial charge in [-0.05, 0) is 31.0 Å². The van der Waals surface area contributed by atoms with E-state index in [0.29, 0.717) is 11.4 Å². The Hall–Kier alpha value is -1.42. The van der Waals surface area contributed by atoms with Gasteiger partial charge >= 0.3 is 0 Å². The summed E-state index contributed by atoms with van der Waals surface area (Å²) < 4.78 is 0. The number of nitrogens with zero attached hydrogens (tertiary/aromatic N) is 1. The molecule has 5 N–H and O–H groups in total. The van der Waals surface area contributed by atoms with Crippen LogP contribution in [0.5, 0.6) is 0 Å². The molecule has 0 saturated carbocycles. The lowest BCUT2D eigenvalue weighted by Crippen LogP contribution is -2.37. The van der Waals surface area contributed by atoms with Crippen LogP contribution in [0, 0.1) is 0 Å². The summed E-state index contributed by atoms with van der Waals surface area (Å²) >= 11 is 0. The van der Waals surface area contributed by atoms with Gasteiger partial charge in [0, 0.05) is 12.2 Å². The summed E-state index contributed by atoms with van der Waals surface area (Å²) in [6, 6.07) is 5.94. The quantitative estimate of drug-likeness (QED) is 0.680. The van der Waals surface area contributed by atoms with Gasteiger partial charge in [-0.3, -0.25) is 0 Å². The van der Waals surface area contributed by atoms with Gasteiger partial charge < -0.3 is 21.5 Å². The molecule has 1 aromatic carbocycles. The number of aliphatic hydroxyl groups is 1. The number of aliphatic hydroxyl groups excluding tert-OH is 1. The Morgan fingerprint density at radius 2 is 2.00 bits per heavy atom. The highest BCUT2D eigenvalue weighted by atomic mass is 16.3. The maximum Gasteiger partial charge on any atom is 0.0635 e. The van der Waals surface area contributed by atoms with E-state index < -0.39 is 0 Å². The molecule has 2 rings (SSSR count). The first-order valence-corrected chi connectivity index (χ1v) is 6.25. The Morgan fingerprint density at radius 1 is 1.18 bits per heavy atom. The number of nitrogens with two attached hydrogens (primary N) is 2. The molecule has 1 aliphatic rings. The van der Waals surface area contributed by atoms with Gasteiger partial charge in [0.2, 0.25) is 0 Å². The molecule has 94 valence electrons. The predicted octanol–water partition coefficient (Wildman–Crippen LogP) is 1.59. The molecule has 1 aromatic rings. The van der Waals surface area contributed by atoms with Crippen molar-refractivity contribution >= 4 is 17.1 Å². The molecule has 1 aliphatic heterocycles. The highest BCUT2D eigenvalue weighted by Gasteiger charge is 2.20. The maximum atomic E-state index is 9.47. The lowest BCUT2D eigenvalue weighted by atomic mass is 10.1. The van der Waals surface area contributed by atoms with E-state index in [9.17, 15) is 5.11 Å². The number of anilines is 3. The van der Waals surface area contributed by atoms with Crippen molar-refractivity contribution in [3.8, 4) is 0 Å². The van der Waals surface area contributed by atoms with E-state index >= 15 is 0 Å². The van der Waals surface area contributed by atoms with Gasteiger partial charge in [-0.15, -0.1) is 0 Å². The van der Waals surface area contributed by atoms with E-state index in [0.717, 1.165) is 18.7 Å². The van der Waals surface area contributed by atoms with Crippen LogP contribution in [0.3, 0.4) is 0 Å². The fraction of sp³-hybridized carbons (Fsp3) is 0.538. The SMILES string of the molecule is Nc1ccc(N2CCCCCC2CO)cc1N.